The Morgan fingerprint density at radius 2 is 2.31 bits per heavy atom. The number of aromatic nitrogens is 2. The van der Waals surface area contributed by atoms with Gasteiger partial charge in [0, 0.05) is 25.3 Å². The van der Waals surface area contributed by atoms with Gasteiger partial charge in [-0.15, -0.1) is 0 Å². The van der Waals surface area contributed by atoms with Crippen LogP contribution in [0.1, 0.15) is 32.4 Å². The van der Waals surface area contributed by atoms with Crippen molar-refractivity contribution in [1.29, 1.82) is 0 Å². The van der Waals surface area contributed by atoms with E-state index in [1.807, 2.05) is 6.20 Å². The normalized spacial score (nSPS) is 20.8. The van der Waals surface area contributed by atoms with Crippen LogP contribution >= 0.6 is 0 Å². The molecule has 1 saturated heterocycles. The second kappa shape index (κ2) is 4.78. The third-order valence-corrected chi connectivity index (χ3v) is 3.24. The van der Waals surface area contributed by atoms with E-state index in [9.17, 15) is 0 Å². The summed E-state index contributed by atoms with van der Waals surface area (Å²) in [6.07, 6.45) is 6.09. The maximum Gasteiger partial charge on any atom is 0.147 e. The number of hydrogen-bond acceptors (Lipinski definition) is 4. The zero-order valence-electron chi connectivity index (χ0n) is 10.1. The highest BCUT2D eigenvalue weighted by molar-refractivity contribution is 5.39. The molecule has 1 aromatic heterocycles. The molecule has 1 unspecified atom stereocenters. The van der Waals surface area contributed by atoms with Gasteiger partial charge in [0.05, 0.1) is 11.9 Å². The van der Waals surface area contributed by atoms with Crippen LogP contribution in [0.5, 0.6) is 0 Å². The van der Waals surface area contributed by atoms with Crippen LogP contribution in [-0.2, 0) is 6.54 Å². The van der Waals surface area contributed by atoms with E-state index in [4.69, 9.17) is 5.73 Å². The lowest BCUT2D eigenvalue weighted by Gasteiger charge is -2.28. The lowest BCUT2D eigenvalue weighted by molar-refractivity contribution is 0.489. The molecule has 16 heavy (non-hydrogen) atoms. The molecular weight excluding hydrogens is 200 g/mol. The first kappa shape index (κ1) is 11.3. The van der Waals surface area contributed by atoms with Crippen molar-refractivity contribution in [3.05, 3.63) is 18.1 Å². The van der Waals surface area contributed by atoms with E-state index < -0.39 is 0 Å². The van der Waals surface area contributed by atoms with Gasteiger partial charge in [-0.2, -0.15) is 0 Å². The largest absolute Gasteiger partial charge is 0.352 e. The van der Waals surface area contributed by atoms with E-state index in [0.717, 1.165) is 18.1 Å². The first-order chi connectivity index (χ1) is 7.72. The highest BCUT2D eigenvalue weighted by Gasteiger charge is 2.28. The van der Waals surface area contributed by atoms with Gasteiger partial charge in [0.15, 0.2) is 0 Å². The molecule has 1 fully saturated rings. The SMILES string of the molecule is CC(C)C1CCCN1c1cncc(CN)n1. The molecule has 2 heterocycles. The van der Waals surface area contributed by atoms with Gasteiger partial charge in [0.1, 0.15) is 5.82 Å². The third-order valence-electron chi connectivity index (χ3n) is 3.24. The van der Waals surface area contributed by atoms with Gasteiger partial charge in [0.2, 0.25) is 0 Å². The minimum atomic E-state index is 0.459. The van der Waals surface area contributed by atoms with Crippen LogP contribution in [0, 0.1) is 5.92 Å². The smallest absolute Gasteiger partial charge is 0.147 e. The number of hydrogen-bond donors (Lipinski definition) is 1. The van der Waals surface area contributed by atoms with Crippen molar-refractivity contribution in [1.82, 2.24) is 9.97 Å². The van der Waals surface area contributed by atoms with Gasteiger partial charge < -0.3 is 10.6 Å². The van der Waals surface area contributed by atoms with E-state index in [-0.39, 0.29) is 0 Å². The molecule has 1 atom stereocenters. The molecule has 0 radical (unpaired) electrons. The highest BCUT2D eigenvalue weighted by Crippen LogP contribution is 2.27. The minimum Gasteiger partial charge on any atom is -0.352 e. The lowest BCUT2D eigenvalue weighted by atomic mass is 10.0. The summed E-state index contributed by atoms with van der Waals surface area (Å²) in [5, 5.41) is 0. The Bertz CT molecular complexity index is 351. The molecule has 4 heteroatoms. The monoisotopic (exact) mass is 220 g/mol. The van der Waals surface area contributed by atoms with E-state index in [1.165, 1.54) is 12.8 Å². The maximum absolute atomic E-state index is 5.59. The Morgan fingerprint density at radius 3 is 3.00 bits per heavy atom. The lowest BCUT2D eigenvalue weighted by Crippen LogP contribution is -2.34. The topological polar surface area (TPSA) is 55.0 Å². The number of nitrogens with two attached hydrogens (primary N) is 1. The minimum absolute atomic E-state index is 0.459. The molecule has 0 saturated carbocycles. The molecule has 1 aliphatic heterocycles. The van der Waals surface area contributed by atoms with Crippen molar-refractivity contribution in [2.24, 2.45) is 11.7 Å². The van der Waals surface area contributed by atoms with Gasteiger partial charge in [-0.1, -0.05) is 13.8 Å². The van der Waals surface area contributed by atoms with Crippen LogP contribution in [0.2, 0.25) is 0 Å². The molecule has 1 aromatic rings. The van der Waals surface area contributed by atoms with Gasteiger partial charge in [-0.25, -0.2) is 4.98 Å². The van der Waals surface area contributed by atoms with Gasteiger partial charge >= 0.3 is 0 Å². The molecule has 2 rings (SSSR count). The van der Waals surface area contributed by atoms with Gasteiger partial charge in [-0.3, -0.25) is 4.98 Å². The van der Waals surface area contributed by atoms with Crippen LogP contribution < -0.4 is 10.6 Å². The first-order valence-corrected chi connectivity index (χ1v) is 6.00. The number of anilines is 1. The quantitative estimate of drug-likeness (QED) is 0.840. The summed E-state index contributed by atoms with van der Waals surface area (Å²) in [4.78, 5) is 11.1. The standard InChI is InChI=1S/C12H20N4/c1-9(2)11-4-3-5-16(11)12-8-14-7-10(6-13)15-12/h7-9,11H,3-6,13H2,1-2H3. The number of nitrogens with zero attached hydrogens (tertiary/aromatic N) is 3. The zero-order valence-corrected chi connectivity index (χ0v) is 10.1. The van der Waals surface area contributed by atoms with Crippen molar-refractivity contribution in [2.75, 3.05) is 11.4 Å². The molecule has 0 bridgehead atoms. The summed E-state index contributed by atoms with van der Waals surface area (Å²) in [5.74, 6) is 1.64. The fraction of sp³-hybridized carbons (Fsp3) is 0.667. The maximum atomic E-state index is 5.59. The fourth-order valence-electron chi connectivity index (χ4n) is 2.40. The molecule has 0 spiro atoms. The predicted octanol–water partition coefficient (Wildman–Crippen LogP) is 1.56. The molecule has 0 aromatic carbocycles. The molecule has 2 N–H and O–H groups in total. The molecule has 0 aliphatic carbocycles. The van der Waals surface area contributed by atoms with Crippen LogP contribution in [0.25, 0.3) is 0 Å². The molecule has 1 aliphatic rings. The van der Waals surface area contributed by atoms with Crippen LogP contribution in [0.3, 0.4) is 0 Å². The molecular formula is C12H20N4. The Hall–Kier alpha value is -1.16. The molecule has 88 valence electrons. The van der Waals surface area contributed by atoms with E-state index >= 15 is 0 Å². The van der Waals surface area contributed by atoms with Crippen molar-refractivity contribution < 1.29 is 0 Å². The fourth-order valence-corrected chi connectivity index (χ4v) is 2.40. The van der Waals surface area contributed by atoms with Gasteiger partial charge in [0.25, 0.3) is 0 Å². The van der Waals surface area contributed by atoms with Crippen molar-refractivity contribution >= 4 is 5.82 Å². The van der Waals surface area contributed by atoms with Crippen molar-refractivity contribution in [2.45, 2.75) is 39.3 Å². The van der Waals surface area contributed by atoms with Crippen LogP contribution in [0.4, 0.5) is 5.82 Å². The Kier molecular flexibility index (Phi) is 3.39. The Morgan fingerprint density at radius 1 is 1.50 bits per heavy atom. The van der Waals surface area contributed by atoms with Crippen molar-refractivity contribution in [3.63, 3.8) is 0 Å². The third kappa shape index (κ3) is 2.16. The zero-order chi connectivity index (χ0) is 11.5. The van der Waals surface area contributed by atoms with Gasteiger partial charge in [-0.05, 0) is 18.8 Å². The summed E-state index contributed by atoms with van der Waals surface area (Å²) < 4.78 is 0. The average Bonchev–Trinajstić information content (AvgIpc) is 2.78. The Balaban J connectivity index is 2.22. The van der Waals surface area contributed by atoms with Crippen LogP contribution in [-0.4, -0.2) is 22.6 Å². The summed E-state index contributed by atoms with van der Waals surface area (Å²) in [5.41, 5.74) is 6.46. The summed E-state index contributed by atoms with van der Waals surface area (Å²) >= 11 is 0. The predicted molar refractivity (Wildman–Crippen MR) is 65.1 cm³/mol. The second-order valence-electron chi connectivity index (χ2n) is 4.72. The van der Waals surface area contributed by atoms with E-state index in [0.29, 0.717) is 18.5 Å². The highest BCUT2D eigenvalue weighted by atomic mass is 15.2. The van der Waals surface area contributed by atoms with E-state index in [1.54, 1.807) is 6.20 Å². The molecule has 4 nitrogen and oxygen atoms in total. The average molecular weight is 220 g/mol. The second-order valence-corrected chi connectivity index (χ2v) is 4.72. The Labute approximate surface area is 96.9 Å². The molecule has 0 amide bonds. The van der Waals surface area contributed by atoms with Crippen molar-refractivity contribution in [3.8, 4) is 0 Å². The van der Waals surface area contributed by atoms with Crippen LogP contribution in [0.15, 0.2) is 12.4 Å². The first-order valence-electron chi connectivity index (χ1n) is 6.00. The van der Waals surface area contributed by atoms with E-state index in [2.05, 4.69) is 28.7 Å². The summed E-state index contributed by atoms with van der Waals surface area (Å²) in [6.45, 7) is 6.08. The number of rotatable bonds is 3. The summed E-state index contributed by atoms with van der Waals surface area (Å²) in [7, 11) is 0. The summed E-state index contributed by atoms with van der Waals surface area (Å²) in [6, 6.07) is 0.599.